The van der Waals surface area contributed by atoms with Gasteiger partial charge in [-0.05, 0) is 70.6 Å². The maximum absolute atomic E-state index is 12.9. The van der Waals surface area contributed by atoms with Gasteiger partial charge in [0.15, 0.2) is 6.10 Å². The second-order valence-electron chi connectivity index (χ2n) is 23.8. The zero-order valence-corrected chi connectivity index (χ0v) is 52.3. The van der Waals surface area contributed by atoms with Crippen LogP contribution in [0, 0.1) is 0 Å². The molecule has 0 rings (SSSR count). The molecule has 0 bridgehead atoms. The van der Waals surface area contributed by atoms with E-state index in [4.69, 9.17) is 14.2 Å². The second kappa shape index (κ2) is 66.4. The number of rotatable bonds is 65. The molecule has 0 saturated heterocycles. The Hall–Kier alpha value is -2.11. The van der Waals surface area contributed by atoms with Crippen LogP contribution in [0.5, 0.6) is 0 Å². The lowest BCUT2D eigenvalue weighted by Gasteiger charge is -2.18. The van der Waals surface area contributed by atoms with Crippen LogP contribution < -0.4 is 0 Å². The molecule has 0 N–H and O–H groups in total. The van der Waals surface area contributed by atoms with E-state index in [1.807, 2.05) is 0 Å². The monoisotopic (exact) mass is 1080 g/mol. The molecule has 0 aliphatic heterocycles. The molecular formula is C71H134O6. The summed E-state index contributed by atoms with van der Waals surface area (Å²) in [7, 11) is 0. The van der Waals surface area contributed by atoms with Gasteiger partial charge in [-0.3, -0.25) is 14.4 Å². The highest BCUT2D eigenvalue weighted by atomic mass is 16.6. The highest BCUT2D eigenvalue weighted by molar-refractivity contribution is 5.71. The first-order chi connectivity index (χ1) is 38.0. The first-order valence-electron chi connectivity index (χ1n) is 34.8. The molecule has 0 spiro atoms. The van der Waals surface area contributed by atoms with Crippen molar-refractivity contribution in [2.45, 2.75) is 399 Å². The fraction of sp³-hybridized carbons (Fsp3) is 0.901. The molecule has 0 fully saturated rings. The van der Waals surface area contributed by atoms with Gasteiger partial charge >= 0.3 is 17.9 Å². The summed E-state index contributed by atoms with van der Waals surface area (Å²) < 4.78 is 17.0. The van der Waals surface area contributed by atoms with E-state index in [1.165, 1.54) is 289 Å². The maximum atomic E-state index is 12.9. The minimum atomic E-state index is -0.771. The van der Waals surface area contributed by atoms with Crippen molar-refractivity contribution in [3.8, 4) is 0 Å². The van der Waals surface area contributed by atoms with Gasteiger partial charge in [-0.25, -0.2) is 0 Å². The summed E-state index contributed by atoms with van der Waals surface area (Å²) in [6.45, 7) is 6.71. The van der Waals surface area contributed by atoms with Crippen LogP contribution in [0.3, 0.4) is 0 Å². The third-order valence-electron chi connectivity index (χ3n) is 15.9. The highest BCUT2D eigenvalue weighted by Gasteiger charge is 2.19. The summed E-state index contributed by atoms with van der Waals surface area (Å²) in [6, 6.07) is 0. The van der Waals surface area contributed by atoms with E-state index in [-0.39, 0.29) is 31.1 Å². The van der Waals surface area contributed by atoms with E-state index in [9.17, 15) is 14.4 Å². The van der Waals surface area contributed by atoms with Gasteiger partial charge in [0.25, 0.3) is 0 Å². The molecule has 454 valence electrons. The van der Waals surface area contributed by atoms with Crippen molar-refractivity contribution in [1.82, 2.24) is 0 Å². The minimum Gasteiger partial charge on any atom is -0.462 e. The average molecular weight is 1080 g/mol. The Morgan fingerprint density at radius 2 is 0.429 bits per heavy atom. The van der Waals surface area contributed by atoms with E-state index in [0.29, 0.717) is 19.3 Å². The SMILES string of the molecule is CCCCCCCC/C=C\CCCCCCCC(=O)OCC(COC(=O)CCCCCCCCCCCCCCCCC/C=C\CCCCCCCCCC)OC(=O)CCCCCCCCCCCCCCCCCCC. The van der Waals surface area contributed by atoms with Gasteiger partial charge in [-0.1, -0.05) is 328 Å². The summed E-state index contributed by atoms with van der Waals surface area (Å²) in [5, 5.41) is 0. The molecular weight excluding hydrogens is 949 g/mol. The Morgan fingerprint density at radius 1 is 0.247 bits per heavy atom. The Labute approximate surface area is 481 Å². The van der Waals surface area contributed by atoms with Crippen molar-refractivity contribution in [1.29, 1.82) is 0 Å². The zero-order valence-electron chi connectivity index (χ0n) is 52.3. The lowest BCUT2D eigenvalue weighted by atomic mass is 10.0. The molecule has 77 heavy (non-hydrogen) atoms. The van der Waals surface area contributed by atoms with Crippen LogP contribution >= 0.6 is 0 Å². The normalized spacial score (nSPS) is 12.1. The standard InChI is InChI=1S/C71H134O6/c1-4-7-10-13-16-19-22-25-28-30-31-32-33-34-35-36-37-38-39-41-43-46-49-52-55-58-61-64-70(73)76-67-68(66-75-69(72)63-60-57-54-51-48-45-42-27-24-21-18-15-12-9-6-3)77-71(74)65-62-59-56-53-50-47-44-40-29-26-23-20-17-14-11-8-5-2/h27,30-31,42,68H,4-26,28-29,32-41,43-67H2,1-3H3/b31-30-,42-27-. The summed E-state index contributed by atoms with van der Waals surface area (Å²) in [5.74, 6) is -0.845. The Bertz CT molecular complexity index is 1240. The van der Waals surface area contributed by atoms with E-state index >= 15 is 0 Å². The fourth-order valence-electron chi connectivity index (χ4n) is 10.7. The van der Waals surface area contributed by atoms with Crippen molar-refractivity contribution >= 4 is 17.9 Å². The van der Waals surface area contributed by atoms with E-state index in [1.54, 1.807) is 0 Å². The third-order valence-corrected chi connectivity index (χ3v) is 15.9. The topological polar surface area (TPSA) is 78.9 Å². The van der Waals surface area contributed by atoms with Crippen molar-refractivity contribution in [3.63, 3.8) is 0 Å². The van der Waals surface area contributed by atoms with E-state index in [2.05, 4.69) is 45.1 Å². The lowest BCUT2D eigenvalue weighted by Crippen LogP contribution is -2.30. The first kappa shape index (κ1) is 74.9. The first-order valence-corrected chi connectivity index (χ1v) is 34.8. The van der Waals surface area contributed by atoms with Crippen LogP contribution in [0.1, 0.15) is 393 Å². The van der Waals surface area contributed by atoms with Crippen LogP contribution in [-0.2, 0) is 28.6 Å². The number of hydrogen-bond donors (Lipinski definition) is 0. The van der Waals surface area contributed by atoms with Gasteiger partial charge in [0.05, 0.1) is 0 Å². The van der Waals surface area contributed by atoms with Gasteiger partial charge < -0.3 is 14.2 Å². The number of esters is 3. The van der Waals surface area contributed by atoms with E-state index in [0.717, 1.165) is 64.2 Å². The lowest BCUT2D eigenvalue weighted by molar-refractivity contribution is -0.167. The molecule has 0 heterocycles. The van der Waals surface area contributed by atoms with Gasteiger partial charge in [0, 0.05) is 19.3 Å². The van der Waals surface area contributed by atoms with Crippen molar-refractivity contribution in [2.75, 3.05) is 13.2 Å². The van der Waals surface area contributed by atoms with Crippen LogP contribution in [0.2, 0.25) is 0 Å². The number of carbonyl (C=O) groups excluding carboxylic acids is 3. The van der Waals surface area contributed by atoms with Crippen LogP contribution in [-0.4, -0.2) is 37.2 Å². The smallest absolute Gasteiger partial charge is 0.306 e. The second-order valence-corrected chi connectivity index (χ2v) is 23.8. The fourth-order valence-corrected chi connectivity index (χ4v) is 10.7. The number of unbranched alkanes of at least 4 members (excludes halogenated alkanes) is 50. The predicted molar refractivity (Wildman–Crippen MR) is 335 cm³/mol. The molecule has 1 atom stereocenters. The summed E-state index contributed by atoms with van der Waals surface area (Å²) in [5.41, 5.74) is 0. The molecule has 1 unspecified atom stereocenters. The molecule has 0 radical (unpaired) electrons. The maximum Gasteiger partial charge on any atom is 0.306 e. The van der Waals surface area contributed by atoms with Crippen LogP contribution in [0.25, 0.3) is 0 Å². The van der Waals surface area contributed by atoms with Gasteiger partial charge in [0.1, 0.15) is 13.2 Å². The van der Waals surface area contributed by atoms with Crippen molar-refractivity contribution < 1.29 is 28.6 Å². The number of hydrogen-bond acceptors (Lipinski definition) is 6. The van der Waals surface area contributed by atoms with Crippen molar-refractivity contribution in [2.24, 2.45) is 0 Å². The molecule has 6 heteroatoms. The molecule has 6 nitrogen and oxygen atoms in total. The molecule has 0 aromatic rings. The number of allylic oxidation sites excluding steroid dienone is 4. The van der Waals surface area contributed by atoms with E-state index < -0.39 is 6.10 Å². The quantitative estimate of drug-likeness (QED) is 0.0261. The summed E-state index contributed by atoms with van der Waals surface area (Å²) in [6.07, 6.45) is 80.6. The molecule has 0 saturated carbocycles. The third kappa shape index (κ3) is 64.6. The molecule has 0 amide bonds. The minimum absolute atomic E-state index is 0.0678. The van der Waals surface area contributed by atoms with Gasteiger partial charge in [0.2, 0.25) is 0 Å². The molecule has 0 aromatic carbocycles. The van der Waals surface area contributed by atoms with Gasteiger partial charge in [-0.15, -0.1) is 0 Å². The number of carbonyl (C=O) groups is 3. The van der Waals surface area contributed by atoms with Crippen LogP contribution in [0.4, 0.5) is 0 Å². The predicted octanol–water partition coefficient (Wildman–Crippen LogP) is 23.8. The molecule has 0 aliphatic carbocycles. The Morgan fingerprint density at radius 3 is 0.649 bits per heavy atom. The summed E-state index contributed by atoms with van der Waals surface area (Å²) >= 11 is 0. The van der Waals surface area contributed by atoms with Gasteiger partial charge in [-0.2, -0.15) is 0 Å². The molecule has 0 aliphatic rings. The Kier molecular flexibility index (Phi) is 64.6. The largest absolute Gasteiger partial charge is 0.462 e. The van der Waals surface area contributed by atoms with Crippen molar-refractivity contribution in [3.05, 3.63) is 24.3 Å². The zero-order chi connectivity index (χ0) is 55.7. The average Bonchev–Trinajstić information content (AvgIpc) is 3.43. The highest BCUT2D eigenvalue weighted by Crippen LogP contribution is 2.18. The van der Waals surface area contributed by atoms with Crippen LogP contribution in [0.15, 0.2) is 24.3 Å². The summed E-state index contributed by atoms with van der Waals surface area (Å²) in [4.78, 5) is 38.4. The Balaban J connectivity index is 4.22. The molecule has 0 aromatic heterocycles. The number of ether oxygens (including phenoxy) is 3.